The second-order valence-corrected chi connectivity index (χ2v) is 8.51. The first kappa shape index (κ1) is 24.7. The molecule has 0 aromatic carbocycles. The van der Waals surface area contributed by atoms with Gasteiger partial charge in [0, 0.05) is 6.20 Å². The van der Waals surface area contributed by atoms with Crippen LogP contribution in [0, 0.1) is 0 Å². The van der Waals surface area contributed by atoms with Crippen molar-refractivity contribution >= 4 is 7.75 Å². The fourth-order valence-electron chi connectivity index (χ4n) is 3.04. The van der Waals surface area contributed by atoms with E-state index in [1.807, 2.05) is 0 Å². The molecule has 0 aromatic heterocycles. The van der Waals surface area contributed by atoms with E-state index in [4.69, 9.17) is 9.79 Å². The van der Waals surface area contributed by atoms with Crippen LogP contribution >= 0.6 is 7.75 Å². The topological polar surface area (TPSA) is 69.6 Å². The molecule has 0 atom stereocenters. The van der Waals surface area contributed by atoms with Gasteiger partial charge in [-0.3, -0.25) is 0 Å². The number of rotatable bonds is 19. The monoisotopic (exact) mass is 375 g/mol. The Kier molecular flexibility index (Phi) is 18.3. The van der Waals surface area contributed by atoms with Crippen LogP contribution in [-0.2, 0) is 4.57 Å². The maximum absolute atomic E-state index is 10.5. The first-order valence-electron chi connectivity index (χ1n) is 10.5. The molecule has 0 unspecified atom stereocenters. The predicted octanol–water partition coefficient (Wildman–Crippen LogP) is 6.83. The Hall–Kier alpha value is -0.310. The summed E-state index contributed by atoms with van der Waals surface area (Å²) in [6.45, 7) is 2.27. The van der Waals surface area contributed by atoms with E-state index >= 15 is 0 Å². The number of hydrogen-bond acceptors (Lipinski definition) is 1. The highest BCUT2D eigenvalue weighted by atomic mass is 31.2. The molecule has 0 rings (SSSR count). The van der Waals surface area contributed by atoms with Crippen LogP contribution in [0.15, 0.2) is 12.3 Å². The Morgan fingerprint density at radius 3 is 1.40 bits per heavy atom. The lowest BCUT2D eigenvalue weighted by atomic mass is 10.0. The van der Waals surface area contributed by atoms with E-state index in [1.165, 1.54) is 103 Å². The number of unbranched alkanes of at least 4 members (excludes halogenated alkanes) is 16. The lowest BCUT2D eigenvalue weighted by molar-refractivity contribution is 0.365. The Bertz CT molecular complexity index is 342. The fourth-order valence-corrected chi connectivity index (χ4v) is 3.34. The highest BCUT2D eigenvalue weighted by Gasteiger charge is 2.06. The highest BCUT2D eigenvalue weighted by Crippen LogP contribution is 2.27. The number of hydrogen-bond donors (Lipinski definition) is 3. The third kappa shape index (κ3) is 23.7. The summed E-state index contributed by atoms with van der Waals surface area (Å²) in [6.07, 6.45) is 25.8. The molecule has 0 aliphatic rings. The first-order valence-corrected chi connectivity index (χ1v) is 12.2. The molecular formula is C20H42NO3P. The minimum atomic E-state index is -4.10. The van der Waals surface area contributed by atoms with Gasteiger partial charge < -0.3 is 14.9 Å². The summed E-state index contributed by atoms with van der Waals surface area (Å²) < 4.78 is 10.5. The third-order valence-corrected chi connectivity index (χ3v) is 5.07. The molecule has 3 N–H and O–H groups in total. The van der Waals surface area contributed by atoms with Gasteiger partial charge in [-0.05, 0) is 12.8 Å². The minimum Gasteiger partial charge on any atom is -0.308 e. The van der Waals surface area contributed by atoms with Crippen molar-refractivity contribution in [3.05, 3.63) is 12.3 Å². The van der Waals surface area contributed by atoms with Crippen LogP contribution in [0.4, 0.5) is 0 Å². The van der Waals surface area contributed by atoms with Gasteiger partial charge in [0.2, 0.25) is 0 Å². The van der Waals surface area contributed by atoms with E-state index in [0.717, 1.165) is 12.8 Å². The maximum Gasteiger partial charge on any atom is 0.427 e. The molecule has 5 heteroatoms. The summed E-state index contributed by atoms with van der Waals surface area (Å²) in [5.74, 6) is 0. The van der Waals surface area contributed by atoms with Crippen molar-refractivity contribution in [3.8, 4) is 0 Å². The molecule has 0 spiro atoms. The van der Waals surface area contributed by atoms with E-state index in [-0.39, 0.29) is 0 Å². The zero-order chi connectivity index (χ0) is 18.6. The number of nitrogens with one attached hydrogen (secondary N) is 1. The van der Waals surface area contributed by atoms with Gasteiger partial charge in [0.25, 0.3) is 0 Å². The molecule has 0 heterocycles. The van der Waals surface area contributed by atoms with Crippen LogP contribution in [0.25, 0.3) is 0 Å². The van der Waals surface area contributed by atoms with Crippen molar-refractivity contribution in [1.29, 1.82) is 0 Å². The van der Waals surface area contributed by atoms with Crippen molar-refractivity contribution in [2.45, 2.75) is 116 Å². The molecule has 0 aliphatic heterocycles. The SMILES string of the molecule is CCCCCCCCCCCCCCCCCCC=CNP(=O)(O)O. The zero-order valence-electron chi connectivity index (χ0n) is 16.4. The fraction of sp³-hybridized carbons (Fsp3) is 0.900. The second-order valence-electron chi connectivity index (χ2n) is 7.17. The zero-order valence-corrected chi connectivity index (χ0v) is 17.3. The Balaban J connectivity index is 3.08. The molecule has 0 saturated heterocycles. The van der Waals surface area contributed by atoms with Crippen molar-refractivity contribution in [3.63, 3.8) is 0 Å². The highest BCUT2D eigenvalue weighted by molar-refractivity contribution is 7.49. The summed E-state index contributed by atoms with van der Waals surface area (Å²) in [5.41, 5.74) is 0. The van der Waals surface area contributed by atoms with E-state index in [1.54, 1.807) is 6.08 Å². The molecule has 0 aromatic rings. The molecular weight excluding hydrogens is 333 g/mol. The largest absolute Gasteiger partial charge is 0.427 e. The van der Waals surface area contributed by atoms with Crippen LogP contribution in [0.5, 0.6) is 0 Å². The van der Waals surface area contributed by atoms with Gasteiger partial charge in [0.05, 0.1) is 0 Å². The summed E-state index contributed by atoms with van der Waals surface area (Å²) in [7, 11) is -4.10. The van der Waals surface area contributed by atoms with Crippen LogP contribution in [0.2, 0.25) is 0 Å². The quantitative estimate of drug-likeness (QED) is 0.171. The molecule has 0 amide bonds. The summed E-state index contributed by atoms with van der Waals surface area (Å²) in [5, 5.41) is 2.06. The van der Waals surface area contributed by atoms with Crippen molar-refractivity contribution in [2.24, 2.45) is 0 Å². The lowest BCUT2D eigenvalue weighted by Crippen LogP contribution is -1.98. The Labute approximate surface area is 156 Å². The standard InChI is InChI=1S/C20H42NO3P/c1-2-3-4-5-6-7-8-9-10-11-12-13-14-15-16-17-18-19-20-21-25(22,23)24/h19-20H,2-18H2,1H3,(H3,21,22,23,24). The molecule has 25 heavy (non-hydrogen) atoms. The first-order chi connectivity index (χ1) is 12.1. The summed E-state index contributed by atoms with van der Waals surface area (Å²) >= 11 is 0. The van der Waals surface area contributed by atoms with Crippen molar-refractivity contribution < 1.29 is 14.4 Å². The summed E-state index contributed by atoms with van der Waals surface area (Å²) in [6, 6.07) is 0. The van der Waals surface area contributed by atoms with Gasteiger partial charge in [0.1, 0.15) is 0 Å². The molecule has 0 fully saturated rings. The van der Waals surface area contributed by atoms with Crippen molar-refractivity contribution in [2.75, 3.05) is 0 Å². The predicted molar refractivity (Wildman–Crippen MR) is 108 cm³/mol. The summed E-state index contributed by atoms with van der Waals surface area (Å²) in [4.78, 5) is 17.2. The van der Waals surface area contributed by atoms with Gasteiger partial charge in [-0.15, -0.1) is 0 Å². The van der Waals surface area contributed by atoms with E-state index in [9.17, 15) is 4.57 Å². The van der Waals surface area contributed by atoms with Crippen LogP contribution < -0.4 is 5.09 Å². The average molecular weight is 376 g/mol. The van der Waals surface area contributed by atoms with Crippen molar-refractivity contribution in [1.82, 2.24) is 5.09 Å². The maximum atomic E-state index is 10.5. The smallest absolute Gasteiger partial charge is 0.308 e. The third-order valence-electron chi connectivity index (χ3n) is 4.58. The van der Waals surface area contributed by atoms with E-state index in [0.29, 0.717) is 0 Å². The van der Waals surface area contributed by atoms with Crippen LogP contribution in [0.3, 0.4) is 0 Å². The number of allylic oxidation sites excluding steroid dienone is 1. The van der Waals surface area contributed by atoms with E-state index in [2.05, 4.69) is 12.0 Å². The molecule has 150 valence electrons. The average Bonchev–Trinajstić information content (AvgIpc) is 2.56. The van der Waals surface area contributed by atoms with Crippen LogP contribution in [0.1, 0.15) is 116 Å². The molecule has 0 aliphatic carbocycles. The molecule has 0 saturated carbocycles. The van der Waals surface area contributed by atoms with Gasteiger partial charge >= 0.3 is 7.75 Å². The van der Waals surface area contributed by atoms with E-state index < -0.39 is 7.75 Å². The van der Waals surface area contributed by atoms with Gasteiger partial charge in [-0.25, -0.2) is 4.57 Å². The second kappa shape index (κ2) is 18.5. The Morgan fingerprint density at radius 2 is 1.04 bits per heavy atom. The van der Waals surface area contributed by atoms with Crippen LogP contribution in [-0.4, -0.2) is 9.79 Å². The minimum absolute atomic E-state index is 0.880. The lowest BCUT2D eigenvalue weighted by Gasteiger charge is -2.03. The molecule has 0 bridgehead atoms. The van der Waals surface area contributed by atoms with Gasteiger partial charge in [-0.2, -0.15) is 0 Å². The normalized spacial score (nSPS) is 12.1. The molecule has 0 radical (unpaired) electrons. The van der Waals surface area contributed by atoms with Gasteiger partial charge in [0.15, 0.2) is 0 Å². The molecule has 4 nitrogen and oxygen atoms in total. The Morgan fingerprint density at radius 1 is 0.680 bits per heavy atom. The van der Waals surface area contributed by atoms with Gasteiger partial charge in [-0.1, -0.05) is 109 Å².